The Balaban J connectivity index is 1.91. The van der Waals surface area contributed by atoms with Crippen molar-refractivity contribution in [1.82, 2.24) is 15.0 Å². The monoisotopic (exact) mass is 225 g/mol. The number of piperidine rings is 1. The molecule has 0 spiro atoms. The van der Waals surface area contributed by atoms with Gasteiger partial charge in [-0.25, -0.2) is 0 Å². The molecule has 88 valence electrons. The van der Waals surface area contributed by atoms with E-state index in [0.717, 1.165) is 6.54 Å². The molecule has 0 aromatic carbocycles. The maximum Gasteiger partial charge on any atom is 0.306 e. The van der Waals surface area contributed by atoms with Gasteiger partial charge in [0.25, 0.3) is 0 Å². The van der Waals surface area contributed by atoms with Gasteiger partial charge in [0.15, 0.2) is 5.82 Å². The Kier molecular flexibility index (Phi) is 3.19. The van der Waals surface area contributed by atoms with Crippen molar-refractivity contribution < 1.29 is 14.4 Å². The highest BCUT2D eigenvalue weighted by Gasteiger charge is 2.29. The lowest BCUT2D eigenvalue weighted by atomic mass is 9.92. The lowest BCUT2D eigenvalue weighted by Gasteiger charge is -2.35. The molecule has 1 saturated heterocycles. The standard InChI is InChI=1S/C10H15N3O3/c1-7-4-8(10(14)15)2-3-13(7)5-9-11-6-16-12-9/h6-8H,2-5H2,1H3,(H,14,15). The van der Waals surface area contributed by atoms with Crippen molar-refractivity contribution in [1.29, 1.82) is 0 Å². The minimum atomic E-state index is -0.689. The molecular formula is C10H15N3O3. The van der Waals surface area contributed by atoms with E-state index in [9.17, 15) is 4.79 Å². The Morgan fingerprint density at radius 1 is 1.75 bits per heavy atom. The van der Waals surface area contributed by atoms with Crippen molar-refractivity contribution in [2.24, 2.45) is 5.92 Å². The smallest absolute Gasteiger partial charge is 0.306 e. The van der Waals surface area contributed by atoms with E-state index in [-0.39, 0.29) is 12.0 Å². The van der Waals surface area contributed by atoms with E-state index in [4.69, 9.17) is 5.11 Å². The number of carboxylic acids is 1. The van der Waals surface area contributed by atoms with Crippen molar-refractivity contribution >= 4 is 5.97 Å². The Hall–Kier alpha value is -1.43. The minimum absolute atomic E-state index is 0.212. The maximum atomic E-state index is 10.9. The first-order chi connectivity index (χ1) is 7.66. The molecule has 16 heavy (non-hydrogen) atoms. The summed E-state index contributed by atoms with van der Waals surface area (Å²) in [4.78, 5) is 17.0. The van der Waals surface area contributed by atoms with Crippen molar-refractivity contribution in [3.05, 3.63) is 12.2 Å². The highest BCUT2D eigenvalue weighted by molar-refractivity contribution is 5.70. The lowest BCUT2D eigenvalue weighted by Crippen LogP contribution is -2.42. The van der Waals surface area contributed by atoms with Crippen LogP contribution in [0, 0.1) is 5.92 Å². The van der Waals surface area contributed by atoms with Gasteiger partial charge in [-0.15, -0.1) is 0 Å². The van der Waals surface area contributed by atoms with Crippen LogP contribution in [-0.4, -0.2) is 38.7 Å². The van der Waals surface area contributed by atoms with Crippen molar-refractivity contribution in [3.8, 4) is 0 Å². The van der Waals surface area contributed by atoms with Crippen LogP contribution >= 0.6 is 0 Å². The second-order valence-electron chi connectivity index (χ2n) is 4.23. The van der Waals surface area contributed by atoms with Gasteiger partial charge >= 0.3 is 5.97 Å². The number of likely N-dealkylation sites (tertiary alicyclic amines) is 1. The summed E-state index contributed by atoms with van der Waals surface area (Å²) in [5.74, 6) is -0.247. The summed E-state index contributed by atoms with van der Waals surface area (Å²) < 4.78 is 4.67. The van der Waals surface area contributed by atoms with Crippen LogP contribution in [0.4, 0.5) is 0 Å². The molecular weight excluding hydrogens is 210 g/mol. The summed E-state index contributed by atoms with van der Waals surface area (Å²) in [5.41, 5.74) is 0. The van der Waals surface area contributed by atoms with Crippen LogP contribution in [0.2, 0.25) is 0 Å². The second kappa shape index (κ2) is 4.61. The molecule has 1 aromatic heterocycles. The number of nitrogens with zero attached hydrogens (tertiary/aromatic N) is 3. The highest BCUT2D eigenvalue weighted by atomic mass is 16.5. The van der Waals surface area contributed by atoms with Gasteiger partial charge in [0.05, 0.1) is 12.5 Å². The quantitative estimate of drug-likeness (QED) is 0.817. The SMILES string of the molecule is CC1CC(C(=O)O)CCN1Cc1ncon1. The number of hydrogen-bond acceptors (Lipinski definition) is 5. The van der Waals surface area contributed by atoms with Gasteiger partial charge in [-0.05, 0) is 26.3 Å². The van der Waals surface area contributed by atoms with Gasteiger partial charge in [-0.1, -0.05) is 5.16 Å². The van der Waals surface area contributed by atoms with E-state index >= 15 is 0 Å². The summed E-state index contributed by atoms with van der Waals surface area (Å²) in [6.45, 7) is 3.44. The molecule has 1 N–H and O–H groups in total. The van der Waals surface area contributed by atoms with E-state index in [1.54, 1.807) is 0 Å². The topological polar surface area (TPSA) is 79.5 Å². The van der Waals surface area contributed by atoms with E-state index in [0.29, 0.717) is 25.2 Å². The fourth-order valence-electron chi connectivity index (χ4n) is 2.12. The normalized spacial score (nSPS) is 26.8. The van der Waals surface area contributed by atoms with Crippen LogP contribution in [0.25, 0.3) is 0 Å². The molecule has 1 aliphatic rings. The first kappa shape index (κ1) is 11.1. The van der Waals surface area contributed by atoms with Crippen LogP contribution in [-0.2, 0) is 11.3 Å². The number of aromatic nitrogens is 2. The third kappa shape index (κ3) is 2.38. The molecule has 6 nitrogen and oxygen atoms in total. The summed E-state index contributed by atoms with van der Waals surface area (Å²) >= 11 is 0. The number of hydrogen-bond donors (Lipinski definition) is 1. The molecule has 0 saturated carbocycles. The molecule has 1 aromatic rings. The third-order valence-corrected chi connectivity index (χ3v) is 3.11. The Labute approximate surface area is 93.2 Å². The number of carboxylic acid groups (broad SMARTS) is 1. The van der Waals surface area contributed by atoms with Gasteiger partial charge in [0.1, 0.15) is 0 Å². The first-order valence-corrected chi connectivity index (χ1v) is 5.39. The molecule has 6 heteroatoms. The van der Waals surface area contributed by atoms with E-state index in [1.807, 2.05) is 6.92 Å². The molecule has 0 bridgehead atoms. The molecule has 2 heterocycles. The Morgan fingerprint density at radius 2 is 2.56 bits per heavy atom. The largest absolute Gasteiger partial charge is 0.481 e. The van der Waals surface area contributed by atoms with Gasteiger partial charge in [0, 0.05) is 6.04 Å². The van der Waals surface area contributed by atoms with Gasteiger partial charge in [-0.2, -0.15) is 4.98 Å². The average molecular weight is 225 g/mol. The van der Waals surface area contributed by atoms with Crippen molar-refractivity contribution in [2.45, 2.75) is 32.4 Å². The molecule has 1 fully saturated rings. The Morgan fingerprint density at radius 3 is 3.12 bits per heavy atom. The predicted octanol–water partition coefficient (Wildman–Crippen LogP) is 0.755. The minimum Gasteiger partial charge on any atom is -0.481 e. The molecule has 1 aliphatic heterocycles. The zero-order chi connectivity index (χ0) is 11.5. The predicted molar refractivity (Wildman–Crippen MR) is 54.5 cm³/mol. The van der Waals surface area contributed by atoms with Crippen LogP contribution in [0.3, 0.4) is 0 Å². The molecule has 2 rings (SSSR count). The molecule has 0 radical (unpaired) electrons. The fourth-order valence-corrected chi connectivity index (χ4v) is 2.12. The maximum absolute atomic E-state index is 10.9. The number of aliphatic carboxylic acids is 1. The number of carbonyl (C=O) groups is 1. The fraction of sp³-hybridized carbons (Fsp3) is 0.700. The van der Waals surface area contributed by atoms with E-state index in [1.165, 1.54) is 6.39 Å². The first-order valence-electron chi connectivity index (χ1n) is 5.39. The summed E-state index contributed by atoms with van der Waals surface area (Å²) in [7, 11) is 0. The summed E-state index contributed by atoms with van der Waals surface area (Å²) in [6, 6.07) is 0.244. The van der Waals surface area contributed by atoms with Crippen LogP contribution < -0.4 is 0 Å². The van der Waals surface area contributed by atoms with Gasteiger partial charge in [0.2, 0.25) is 6.39 Å². The Bertz CT molecular complexity index is 352. The zero-order valence-electron chi connectivity index (χ0n) is 9.17. The zero-order valence-corrected chi connectivity index (χ0v) is 9.17. The van der Waals surface area contributed by atoms with Crippen molar-refractivity contribution in [3.63, 3.8) is 0 Å². The molecule has 0 aliphatic carbocycles. The van der Waals surface area contributed by atoms with Gasteiger partial charge in [-0.3, -0.25) is 9.69 Å². The van der Waals surface area contributed by atoms with Crippen LogP contribution in [0.1, 0.15) is 25.6 Å². The van der Waals surface area contributed by atoms with Gasteiger partial charge < -0.3 is 9.63 Å². The number of rotatable bonds is 3. The molecule has 2 atom stereocenters. The third-order valence-electron chi connectivity index (χ3n) is 3.11. The summed E-state index contributed by atoms with van der Waals surface area (Å²) in [5, 5.41) is 12.7. The van der Waals surface area contributed by atoms with E-state index < -0.39 is 5.97 Å². The average Bonchev–Trinajstić information content (AvgIpc) is 2.73. The lowest BCUT2D eigenvalue weighted by molar-refractivity contribution is -0.144. The van der Waals surface area contributed by atoms with Crippen molar-refractivity contribution in [2.75, 3.05) is 6.54 Å². The second-order valence-corrected chi connectivity index (χ2v) is 4.23. The van der Waals surface area contributed by atoms with Crippen LogP contribution in [0.5, 0.6) is 0 Å². The van der Waals surface area contributed by atoms with E-state index in [2.05, 4.69) is 19.6 Å². The molecule has 0 amide bonds. The molecule has 2 unspecified atom stereocenters. The highest BCUT2D eigenvalue weighted by Crippen LogP contribution is 2.23. The van der Waals surface area contributed by atoms with Crippen LogP contribution in [0.15, 0.2) is 10.9 Å². The summed E-state index contributed by atoms with van der Waals surface area (Å²) in [6.07, 6.45) is 2.69.